The molecule has 2 amide bonds. The number of rotatable bonds is 4. The summed E-state index contributed by atoms with van der Waals surface area (Å²) in [5.41, 5.74) is 1.24. The first-order valence-corrected chi connectivity index (χ1v) is 7.87. The molecule has 0 unspecified atom stereocenters. The molecule has 0 saturated heterocycles. The van der Waals surface area contributed by atoms with Crippen molar-refractivity contribution in [3.8, 4) is 5.75 Å². The Kier molecular flexibility index (Phi) is 6.06. The van der Waals surface area contributed by atoms with Gasteiger partial charge in [-0.15, -0.1) is 0 Å². The Labute approximate surface area is 149 Å². The van der Waals surface area contributed by atoms with Crippen molar-refractivity contribution < 1.29 is 14.3 Å². The highest BCUT2D eigenvalue weighted by Crippen LogP contribution is 2.25. The van der Waals surface area contributed by atoms with Crippen LogP contribution in [0.3, 0.4) is 0 Å². The lowest BCUT2D eigenvalue weighted by molar-refractivity contribution is -0.136. The van der Waals surface area contributed by atoms with Gasteiger partial charge in [0.05, 0.1) is 23.2 Å². The fourth-order valence-corrected chi connectivity index (χ4v) is 2.30. The Hall–Kier alpha value is -2.24. The maximum atomic E-state index is 12.0. The van der Waals surface area contributed by atoms with Gasteiger partial charge in [-0.2, -0.15) is 0 Å². The summed E-state index contributed by atoms with van der Waals surface area (Å²) in [4.78, 5) is 24.0. The van der Waals surface area contributed by atoms with Gasteiger partial charge in [0.25, 0.3) is 0 Å². The molecule has 0 fully saturated rings. The normalized spacial score (nSPS) is 11.5. The molecule has 0 spiro atoms. The van der Waals surface area contributed by atoms with Crippen LogP contribution in [0.2, 0.25) is 10.0 Å². The molecule has 2 rings (SSSR count). The summed E-state index contributed by atoms with van der Waals surface area (Å²) < 4.78 is 5.08. The van der Waals surface area contributed by atoms with Crippen LogP contribution in [-0.4, -0.2) is 18.9 Å². The van der Waals surface area contributed by atoms with Crippen LogP contribution in [0, 0.1) is 0 Å². The molecule has 0 radical (unpaired) electrons. The molecule has 0 aromatic heterocycles. The van der Waals surface area contributed by atoms with Gasteiger partial charge in [-0.25, -0.2) is 0 Å². The van der Waals surface area contributed by atoms with E-state index in [0.29, 0.717) is 15.7 Å². The molecular formula is C17H16Cl2N2O3. The Morgan fingerprint density at radius 2 is 1.67 bits per heavy atom. The van der Waals surface area contributed by atoms with Gasteiger partial charge in [-0.05, 0) is 42.8 Å². The van der Waals surface area contributed by atoms with E-state index in [0.717, 1.165) is 11.3 Å². The maximum Gasteiger partial charge on any atom is 0.313 e. The van der Waals surface area contributed by atoms with E-state index in [1.165, 1.54) is 12.1 Å². The van der Waals surface area contributed by atoms with Crippen LogP contribution in [-0.2, 0) is 9.59 Å². The lowest BCUT2D eigenvalue weighted by Crippen LogP contribution is -2.36. The van der Waals surface area contributed by atoms with Crippen molar-refractivity contribution in [3.63, 3.8) is 0 Å². The number of hydrogen-bond acceptors (Lipinski definition) is 3. The number of benzene rings is 2. The number of nitrogens with one attached hydrogen (secondary N) is 2. The van der Waals surface area contributed by atoms with Crippen molar-refractivity contribution in [3.05, 3.63) is 58.1 Å². The van der Waals surface area contributed by atoms with E-state index in [4.69, 9.17) is 27.9 Å². The molecule has 0 aliphatic heterocycles. The van der Waals surface area contributed by atoms with Crippen molar-refractivity contribution in [1.29, 1.82) is 0 Å². The van der Waals surface area contributed by atoms with E-state index in [1.807, 2.05) is 12.1 Å². The smallest absolute Gasteiger partial charge is 0.313 e. The zero-order valence-electron chi connectivity index (χ0n) is 13.1. The summed E-state index contributed by atoms with van der Waals surface area (Å²) in [5.74, 6) is -0.812. The van der Waals surface area contributed by atoms with Gasteiger partial charge in [0.2, 0.25) is 0 Å². The van der Waals surface area contributed by atoms with Crippen LogP contribution in [0.1, 0.15) is 18.5 Å². The van der Waals surface area contributed by atoms with Gasteiger partial charge in [0.1, 0.15) is 5.75 Å². The minimum atomic E-state index is -0.784. The second kappa shape index (κ2) is 8.04. The highest BCUT2D eigenvalue weighted by molar-refractivity contribution is 6.43. The minimum absolute atomic E-state index is 0.293. The third-order valence-electron chi connectivity index (χ3n) is 3.35. The summed E-state index contributed by atoms with van der Waals surface area (Å²) in [5, 5.41) is 5.76. The van der Waals surface area contributed by atoms with Gasteiger partial charge >= 0.3 is 11.8 Å². The molecule has 0 aliphatic rings. The summed E-state index contributed by atoms with van der Waals surface area (Å²) in [7, 11) is 1.58. The Morgan fingerprint density at radius 3 is 2.25 bits per heavy atom. The minimum Gasteiger partial charge on any atom is -0.497 e. The molecule has 2 N–H and O–H groups in total. The van der Waals surface area contributed by atoms with Gasteiger partial charge in [-0.3, -0.25) is 9.59 Å². The first kappa shape index (κ1) is 18.1. The SMILES string of the molecule is COc1ccc([C@@H](C)NC(=O)C(=O)Nc2ccc(Cl)c(Cl)c2)cc1. The molecule has 1 atom stereocenters. The summed E-state index contributed by atoms with van der Waals surface area (Å²) in [6.07, 6.45) is 0. The van der Waals surface area contributed by atoms with Crippen molar-refractivity contribution in [2.45, 2.75) is 13.0 Å². The molecule has 0 saturated carbocycles. The number of halogens is 2. The molecular weight excluding hydrogens is 351 g/mol. The van der Waals surface area contributed by atoms with E-state index in [9.17, 15) is 9.59 Å². The predicted octanol–water partition coefficient (Wildman–Crippen LogP) is 3.82. The number of amides is 2. The van der Waals surface area contributed by atoms with Crippen LogP contribution >= 0.6 is 23.2 Å². The van der Waals surface area contributed by atoms with E-state index >= 15 is 0 Å². The fourth-order valence-electron chi connectivity index (χ4n) is 2.00. The van der Waals surface area contributed by atoms with E-state index in [2.05, 4.69) is 10.6 Å². The number of carbonyl (C=O) groups excluding carboxylic acids is 2. The molecule has 24 heavy (non-hydrogen) atoms. The predicted molar refractivity (Wildman–Crippen MR) is 94.6 cm³/mol. The second-order valence-electron chi connectivity index (χ2n) is 5.05. The first-order chi connectivity index (χ1) is 11.4. The molecule has 2 aromatic carbocycles. The number of anilines is 1. The zero-order valence-corrected chi connectivity index (χ0v) is 14.6. The Morgan fingerprint density at radius 1 is 1.00 bits per heavy atom. The van der Waals surface area contributed by atoms with Crippen LogP contribution in [0.4, 0.5) is 5.69 Å². The van der Waals surface area contributed by atoms with Crippen LogP contribution in [0.25, 0.3) is 0 Å². The van der Waals surface area contributed by atoms with Crippen molar-refractivity contribution >= 4 is 40.7 Å². The molecule has 0 aliphatic carbocycles. The quantitative estimate of drug-likeness (QED) is 0.808. The van der Waals surface area contributed by atoms with E-state index in [-0.39, 0.29) is 6.04 Å². The molecule has 0 heterocycles. The monoisotopic (exact) mass is 366 g/mol. The first-order valence-electron chi connectivity index (χ1n) is 7.11. The van der Waals surface area contributed by atoms with Gasteiger partial charge in [-0.1, -0.05) is 35.3 Å². The Bertz CT molecular complexity index is 748. The second-order valence-corrected chi connectivity index (χ2v) is 5.87. The lowest BCUT2D eigenvalue weighted by atomic mass is 10.1. The van der Waals surface area contributed by atoms with Crippen molar-refractivity contribution in [1.82, 2.24) is 5.32 Å². The van der Waals surface area contributed by atoms with Crippen molar-refractivity contribution in [2.24, 2.45) is 0 Å². The lowest BCUT2D eigenvalue weighted by Gasteiger charge is -2.14. The number of carbonyl (C=O) groups is 2. The summed E-state index contributed by atoms with van der Waals surface area (Å²) in [6, 6.07) is 11.5. The third kappa shape index (κ3) is 4.63. The molecule has 7 heteroatoms. The molecule has 0 bridgehead atoms. The van der Waals surface area contributed by atoms with Gasteiger partial charge in [0.15, 0.2) is 0 Å². The number of hydrogen-bond donors (Lipinski definition) is 2. The number of methoxy groups -OCH3 is 1. The van der Waals surface area contributed by atoms with Crippen LogP contribution < -0.4 is 15.4 Å². The maximum absolute atomic E-state index is 12.0. The van der Waals surface area contributed by atoms with E-state index in [1.54, 1.807) is 32.2 Å². The summed E-state index contributed by atoms with van der Waals surface area (Å²) in [6.45, 7) is 1.78. The highest BCUT2D eigenvalue weighted by atomic mass is 35.5. The standard InChI is InChI=1S/C17H16Cl2N2O3/c1-10(11-3-6-13(24-2)7-4-11)20-16(22)17(23)21-12-5-8-14(18)15(19)9-12/h3-10H,1-2H3,(H,20,22)(H,21,23)/t10-/m1/s1. The molecule has 126 valence electrons. The number of ether oxygens (including phenoxy) is 1. The molecule has 5 nitrogen and oxygen atoms in total. The molecule has 2 aromatic rings. The summed E-state index contributed by atoms with van der Waals surface area (Å²) >= 11 is 11.7. The average molecular weight is 367 g/mol. The van der Waals surface area contributed by atoms with Crippen LogP contribution in [0.15, 0.2) is 42.5 Å². The zero-order chi connectivity index (χ0) is 17.7. The van der Waals surface area contributed by atoms with Gasteiger partial charge in [0, 0.05) is 5.69 Å². The van der Waals surface area contributed by atoms with E-state index < -0.39 is 11.8 Å². The van der Waals surface area contributed by atoms with Crippen LogP contribution in [0.5, 0.6) is 5.75 Å². The third-order valence-corrected chi connectivity index (χ3v) is 4.09. The largest absolute Gasteiger partial charge is 0.497 e. The van der Waals surface area contributed by atoms with Gasteiger partial charge < -0.3 is 15.4 Å². The fraction of sp³-hybridized carbons (Fsp3) is 0.176. The topological polar surface area (TPSA) is 67.4 Å². The Balaban J connectivity index is 1.97. The van der Waals surface area contributed by atoms with Crippen molar-refractivity contribution in [2.75, 3.05) is 12.4 Å². The average Bonchev–Trinajstić information content (AvgIpc) is 2.58. The highest BCUT2D eigenvalue weighted by Gasteiger charge is 2.17.